The molecule has 11 heteroatoms. The molecule has 3 N–H and O–H groups in total. The van der Waals surface area contributed by atoms with E-state index < -0.39 is 35.0 Å². The number of methoxy groups -OCH3 is 1. The molecule has 0 atom stereocenters. The van der Waals surface area contributed by atoms with Gasteiger partial charge in [0.15, 0.2) is 0 Å². The van der Waals surface area contributed by atoms with Gasteiger partial charge in [0.2, 0.25) is 5.91 Å². The van der Waals surface area contributed by atoms with Crippen molar-refractivity contribution >= 4 is 56.5 Å². The Labute approximate surface area is 206 Å². The third-order valence-electron chi connectivity index (χ3n) is 3.97. The molecule has 2 heterocycles. The number of thiophene rings is 2. The van der Waals surface area contributed by atoms with E-state index in [0.29, 0.717) is 9.75 Å². The number of carbonyl (C=O) groups is 4. The van der Waals surface area contributed by atoms with Gasteiger partial charge in [0.05, 0.1) is 31.1 Å². The number of hydrogen-bond donors (Lipinski definition) is 2. The van der Waals surface area contributed by atoms with Crippen LogP contribution in [-0.4, -0.2) is 42.1 Å². The van der Waals surface area contributed by atoms with Crippen molar-refractivity contribution in [1.82, 2.24) is 0 Å². The fourth-order valence-corrected chi connectivity index (χ4v) is 4.65. The van der Waals surface area contributed by atoms with Crippen LogP contribution in [0.3, 0.4) is 0 Å². The summed E-state index contributed by atoms with van der Waals surface area (Å²) in [6.07, 6.45) is -0.122. The number of amides is 1. The van der Waals surface area contributed by atoms with Gasteiger partial charge in [-0.3, -0.25) is 9.59 Å². The maximum Gasteiger partial charge on any atom is 0.341 e. The van der Waals surface area contributed by atoms with E-state index in [0.717, 1.165) is 22.7 Å². The second-order valence-corrected chi connectivity index (χ2v) is 11.7. The maximum atomic E-state index is 12.8. The summed E-state index contributed by atoms with van der Waals surface area (Å²) in [6, 6.07) is 3.04. The van der Waals surface area contributed by atoms with Crippen LogP contribution in [0.4, 0.5) is 10.0 Å². The van der Waals surface area contributed by atoms with Crippen LogP contribution >= 0.6 is 22.7 Å². The van der Waals surface area contributed by atoms with E-state index >= 15 is 0 Å². The highest BCUT2D eigenvalue weighted by atomic mass is 32.1. The summed E-state index contributed by atoms with van der Waals surface area (Å²) in [4.78, 5) is 50.5. The molecular formula is C23H30N2O7S2. The van der Waals surface area contributed by atoms with Crippen LogP contribution in [0.5, 0.6) is 0 Å². The minimum Gasteiger partial charge on any atom is -0.469 e. The van der Waals surface area contributed by atoms with Crippen LogP contribution in [0.1, 0.15) is 72.0 Å². The van der Waals surface area contributed by atoms with Gasteiger partial charge < -0.3 is 25.3 Å². The lowest BCUT2D eigenvalue weighted by molar-refractivity contribution is -0.139. The number of anilines is 2. The molecule has 0 aliphatic rings. The normalized spacial score (nSPS) is 11.6. The predicted octanol–water partition coefficient (Wildman–Crippen LogP) is 4.20. The molecule has 0 saturated heterocycles. The molecule has 2 aromatic heterocycles. The molecule has 2 aromatic rings. The van der Waals surface area contributed by atoms with Crippen LogP contribution in [0.15, 0.2) is 12.1 Å². The molecule has 0 radical (unpaired) electrons. The Hall–Kier alpha value is -2.92. The minimum absolute atomic E-state index is 0.0481. The first-order valence-electron chi connectivity index (χ1n) is 10.4. The van der Waals surface area contributed by atoms with E-state index in [-0.39, 0.29) is 34.0 Å². The molecule has 1 amide bonds. The maximum absolute atomic E-state index is 12.8. The Kier molecular flexibility index (Phi) is 8.49. The van der Waals surface area contributed by atoms with Crippen molar-refractivity contribution in [3.8, 4) is 0 Å². The number of esters is 3. The summed E-state index contributed by atoms with van der Waals surface area (Å²) in [7, 11) is 1.27. The van der Waals surface area contributed by atoms with Gasteiger partial charge in [-0.25, -0.2) is 9.59 Å². The summed E-state index contributed by atoms with van der Waals surface area (Å²) in [5.74, 6) is -2.08. The Balaban J connectivity index is 2.21. The molecule has 0 unspecified atom stereocenters. The molecule has 34 heavy (non-hydrogen) atoms. The Bertz CT molecular complexity index is 1090. The fourth-order valence-electron chi connectivity index (χ4n) is 2.69. The molecule has 186 valence electrons. The average molecular weight is 511 g/mol. The Morgan fingerprint density at radius 1 is 0.853 bits per heavy atom. The van der Waals surface area contributed by atoms with Crippen LogP contribution in [0, 0.1) is 0 Å². The minimum atomic E-state index is -0.741. The summed E-state index contributed by atoms with van der Waals surface area (Å²) in [5.41, 5.74) is 4.89. The lowest BCUT2D eigenvalue weighted by Gasteiger charge is -2.19. The van der Waals surface area contributed by atoms with Crippen molar-refractivity contribution in [1.29, 1.82) is 0 Å². The molecule has 2 rings (SSSR count). The first-order valence-corrected chi connectivity index (χ1v) is 12.1. The third-order valence-corrected chi connectivity index (χ3v) is 5.98. The SMILES string of the molecule is COC(=O)Cc1cc(C(=O)OC(C)(C)C)c(NC(=O)Cc2cc(C(=O)OC(C)(C)C)c(N)s2)s1. The first-order chi connectivity index (χ1) is 15.6. The van der Waals surface area contributed by atoms with Crippen LogP contribution < -0.4 is 11.1 Å². The van der Waals surface area contributed by atoms with E-state index in [1.807, 2.05) is 0 Å². The van der Waals surface area contributed by atoms with Crippen molar-refractivity contribution in [3.05, 3.63) is 33.0 Å². The van der Waals surface area contributed by atoms with Crippen molar-refractivity contribution in [2.75, 3.05) is 18.2 Å². The summed E-state index contributed by atoms with van der Waals surface area (Å²) in [6.45, 7) is 10.4. The fraction of sp³-hybridized carbons (Fsp3) is 0.478. The zero-order chi connectivity index (χ0) is 25.8. The van der Waals surface area contributed by atoms with E-state index in [1.165, 1.54) is 19.2 Å². The lowest BCUT2D eigenvalue weighted by atomic mass is 10.2. The summed E-state index contributed by atoms with van der Waals surface area (Å²) in [5, 5.41) is 3.22. The third kappa shape index (κ3) is 8.14. The number of carbonyl (C=O) groups excluding carboxylic acids is 4. The van der Waals surface area contributed by atoms with Crippen molar-refractivity contribution in [2.24, 2.45) is 0 Å². The highest BCUT2D eigenvalue weighted by molar-refractivity contribution is 7.17. The molecule has 0 aromatic carbocycles. The molecule has 0 saturated carbocycles. The smallest absolute Gasteiger partial charge is 0.341 e. The van der Waals surface area contributed by atoms with Gasteiger partial charge in [0, 0.05) is 9.75 Å². The molecule has 0 aliphatic heterocycles. The summed E-state index contributed by atoms with van der Waals surface area (Å²) < 4.78 is 15.5. The number of nitrogens with one attached hydrogen (secondary N) is 1. The molecule has 0 bridgehead atoms. The van der Waals surface area contributed by atoms with E-state index in [9.17, 15) is 19.2 Å². The van der Waals surface area contributed by atoms with E-state index in [4.69, 9.17) is 15.2 Å². The van der Waals surface area contributed by atoms with Gasteiger partial charge in [-0.15, -0.1) is 22.7 Å². The highest BCUT2D eigenvalue weighted by Crippen LogP contribution is 2.32. The topological polar surface area (TPSA) is 134 Å². The van der Waals surface area contributed by atoms with Crippen LogP contribution in [0.25, 0.3) is 0 Å². The number of nitrogens with two attached hydrogens (primary N) is 1. The zero-order valence-corrected chi connectivity index (χ0v) is 22.0. The molecule has 0 aliphatic carbocycles. The number of nitrogen functional groups attached to an aromatic ring is 1. The molecule has 0 spiro atoms. The number of hydrogen-bond acceptors (Lipinski definition) is 10. The summed E-state index contributed by atoms with van der Waals surface area (Å²) >= 11 is 2.20. The molecular weight excluding hydrogens is 480 g/mol. The standard InChI is InChI=1S/C23H30N2O7S2/c1-22(2,3)31-20(28)14-8-12(33-18(14)24)10-16(26)25-19-15(21(29)32-23(4,5)6)9-13(34-19)11-17(27)30-7/h8-9H,10-11,24H2,1-7H3,(H,25,26). The Morgan fingerprint density at radius 2 is 1.35 bits per heavy atom. The molecule has 0 fully saturated rings. The van der Waals surface area contributed by atoms with Gasteiger partial charge in [-0.2, -0.15) is 0 Å². The predicted molar refractivity (Wildman–Crippen MR) is 131 cm³/mol. The second-order valence-electron chi connectivity index (χ2n) is 9.43. The van der Waals surface area contributed by atoms with Gasteiger partial charge >= 0.3 is 17.9 Å². The molecule has 9 nitrogen and oxygen atoms in total. The first kappa shape index (κ1) is 27.3. The highest BCUT2D eigenvalue weighted by Gasteiger charge is 2.26. The number of ether oxygens (including phenoxy) is 3. The van der Waals surface area contributed by atoms with E-state index in [1.54, 1.807) is 41.5 Å². The van der Waals surface area contributed by atoms with Crippen molar-refractivity contribution in [2.45, 2.75) is 65.6 Å². The van der Waals surface area contributed by atoms with Crippen molar-refractivity contribution < 1.29 is 33.4 Å². The van der Waals surface area contributed by atoms with Gasteiger partial charge in [0.25, 0.3) is 0 Å². The van der Waals surface area contributed by atoms with E-state index in [2.05, 4.69) is 10.1 Å². The van der Waals surface area contributed by atoms with Gasteiger partial charge in [-0.1, -0.05) is 0 Å². The largest absolute Gasteiger partial charge is 0.469 e. The zero-order valence-electron chi connectivity index (χ0n) is 20.3. The van der Waals surface area contributed by atoms with Crippen molar-refractivity contribution in [3.63, 3.8) is 0 Å². The van der Waals surface area contributed by atoms with Crippen LogP contribution in [-0.2, 0) is 36.6 Å². The Morgan fingerprint density at radius 3 is 1.88 bits per heavy atom. The van der Waals surface area contributed by atoms with Crippen LogP contribution in [0.2, 0.25) is 0 Å². The average Bonchev–Trinajstić information content (AvgIpc) is 3.21. The quantitative estimate of drug-likeness (QED) is 0.418. The van der Waals surface area contributed by atoms with Gasteiger partial charge in [-0.05, 0) is 53.7 Å². The monoisotopic (exact) mass is 510 g/mol. The lowest BCUT2D eigenvalue weighted by Crippen LogP contribution is -2.24. The number of rotatable bonds is 7. The second kappa shape index (κ2) is 10.6. The van der Waals surface area contributed by atoms with Gasteiger partial charge in [0.1, 0.15) is 21.2 Å².